The molecule has 2 heterocycles. The SMILES string of the molecule is OP(O)CP(O)OCC1CCC(c2ccc3c(NC4CCc5ccccc54)nc(Cl)nc3c2)O1. The number of anilines is 1. The van der Waals surface area contributed by atoms with Crippen molar-refractivity contribution in [1.82, 2.24) is 9.97 Å². The van der Waals surface area contributed by atoms with Gasteiger partial charge in [-0.25, -0.2) is 9.97 Å². The van der Waals surface area contributed by atoms with E-state index >= 15 is 0 Å². The van der Waals surface area contributed by atoms with Crippen molar-refractivity contribution >= 4 is 45.1 Å². The number of aryl methyl sites for hydroxylation is 1. The molecule has 180 valence electrons. The van der Waals surface area contributed by atoms with Crippen LogP contribution in [0.1, 0.15) is 48.1 Å². The molecule has 11 heteroatoms. The van der Waals surface area contributed by atoms with E-state index in [4.69, 9.17) is 30.6 Å². The maximum Gasteiger partial charge on any atom is 0.224 e. The maximum atomic E-state index is 9.74. The summed E-state index contributed by atoms with van der Waals surface area (Å²) in [5.74, 6) is 0.597. The number of hydrogen-bond acceptors (Lipinski definition) is 8. The number of benzene rings is 2. The van der Waals surface area contributed by atoms with E-state index in [1.54, 1.807) is 0 Å². The third kappa shape index (κ3) is 5.51. The molecule has 3 aromatic rings. The van der Waals surface area contributed by atoms with Crippen molar-refractivity contribution < 1.29 is 23.9 Å². The zero-order valence-corrected chi connectivity index (χ0v) is 20.9. The lowest BCUT2D eigenvalue weighted by Crippen LogP contribution is -2.13. The van der Waals surface area contributed by atoms with Crippen molar-refractivity contribution in [3.8, 4) is 0 Å². The molecule has 0 bridgehead atoms. The number of hydrogen-bond donors (Lipinski definition) is 4. The van der Waals surface area contributed by atoms with E-state index in [1.165, 1.54) is 11.1 Å². The third-order valence-corrected chi connectivity index (χ3v) is 8.87. The molecule has 4 atom stereocenters. The zero-order chi connectivity index (χ0) is 23.7. The first-order valence-electron chi connectivity index (χ1n) is 11.2. The third-order valence-electron chi connectivity index (χ3n) is 6.27. The van der Waals surface area contributed by atoms with Crippen molar-refractivity contribution in [2.75, 3.05) is 17.8 Å². The second kappa shape index (κ2) is 10.7. The molecule has 4 unspecified atom stereocenters. The molecular formula is C23H26ClN3O5P2. The zero-order valence-electron chi connectivity index (χ0n) is 18.3. The van der Waals surface area contributed by atoms with E-state index in [2.05, 4.69) is 39.6 Å². The van der Waals surface area contributed by atoms with E-state index in [0.717, 1.165) is 48.0 Å². The summed E-state index contributed by atoms with van der Waals surface area (Å²) in [5, 5.41) is 4.68. The van der Waals surface area contributed by atoms with Gasteiger partial charge in [0.05, 0.1) is 36.3 Å². The van der Waals surface area contributed by atoms with E-state index in [-0.39, 0.29) is 36.0 Å². The predicted molar refractivity (Wildman–Crippen MR) is 134 cm³/mol. The van der Waals surface area contributed by atoms with E-state index in [1.807, 2.05) is 18.2 Å². The van der Waals surface area contributed by atoms with Gasteiger partial charge in [-0.15, -0.1) is 0 Å². The van der Waals surface area contributed by atoms with E-state index in [0.29, 0.717) is 0 Å². The van der Waals surface area contributed by atoms with Gasteiger partial charge in [-0.05, 0) is 66.1 Å². The van der Waals surface area contributed by atoms with Crippen molar-refractivity contribution in [3.63, 3.8) is 0 Å². The van der Waals surface area contributed by atoms with Crippen LogP contribution in [0.4, 0.5) is 5.82 Å². The molecular weight excluding hydrogens is 496 g/mol. The summed E-state index contributed by atoms with van der Waals surface area (Å²) < 4.78 is 11.5. The van der Waals surface area contributed by atoms with Crippen molar-refractivity contribution in [2.45, 2.75) is 43.9 Å². The lowest BCUT2D eigenvalue weighted by atomic mass is 10.0. The fraction of sp³-hybridized carbons (Fsp3) is 0.391. The average Bonchev–Trinajstić information content (AvgIpc) is 3.44. The van der Waals surface area contributed by atoms with Gasteiger partial charge in [0.25, 0.3) is 0 Å². The van der Waals surface area contributed by atoms with Crippen molar-refractivity contribution in [3.05, 3.63) is 64.4 Å². The van der Waals surface area contributed by atoms with Crippen LogP contribution >= 0.6 is 28.4 Å². The topological polar surface area (TPSA) is 117 Å². The van der Waals surface area contributed by atoms with Gasteiger partial charge in [0.15, 0.2) is 16.8 Å². The van der Waals surface area contributed by atoms with Crippen LogP contribution in [0, 0.1) is 0 Å². The Bertz CT molecular complexity index is 1170. The monoisotopic (exact) mass is 521 g/mol. The molecule has 1 aliphatic heterocycles. The number of fused-ring (bicyclic) bond motifs is 2. The highest BCUT2D eigenvalue weighted by molar-refractivity contribution is 7.63. The van der Waals surface area contributed by atoms with Gasteiger partial charge >= 0.3 is 0 Å². The normalized spacial score (nSPS) is 22.9. The smallest absolute Gasteiger partial charge is 0.224 e. The number of halogens is 1. The van der Waals surface area contributed by atoms with Crippen LogP contribution in [-0.2, 0) is 15.7 Å². The van der Waals surface area contributed by atoms with Crippen LogP contribution in [0.25, 0.3) is 10.9 Å². The average molecular weight is 522 g/mol. The molecule has 5 rings (SSSR count). The molecule has 2 aliphatic rings. The van der Waals surface area contributed by atoms with E-state index < -0.39 is 16.8 Å². The van der Waals surface area contributed by atoms with Crippen molar-refractivity contribution in [1.29, 1.82) is 0 Å². The van der Waals surface area contributed by atoms with Crippen LogP contribution in [0.3, 0.4) is 0 Å². The summed E-state index contributed by atoms with van der Waals surface area (Å²) in [4.78, 5) is 36.7. The summed E-state index contributed by atoms with van der Waals surface area (Å²) >= 11 is 6.29. The van der Waals surface area contributed by atoms with Gasteiger partial charge in [0, 0.05) is 5.39 Å². The minimum Gasteiger partial charge on any atom is -0.368 e. The molecule has 0 amide bonds. The number of rotatable bonds is 8. The fourth-order valence-corrected chi connectivity index (χ4v) is 6.40. The van der Waals surface area contributed by atoms with Gasteiger partial charge in [-0.1, -0.05) is 30.3 Å². The van der Waals surface area contributed by atoms with Crippen LogP contribution in [0.2, 0.25) is 5.28 Å². The van der Waals surface area contributed by atoms with Gasteiger partial charge in [0.1, 0.15) is 5.82 Å². The first-order valence-corrected chi connectivity index (χ1v) is 14.4. The summed E-state index contributed by atoms with van der Waals surface area (Å²) in [7, 11) is -4.01. The minimum absolute atomic E-state index is 0.109. The molecule has 34 heavy (non-hydrogen) atoms. The molecule has 8 nitrogen and oxygen atoms in total. The Hall–Kier alpha value is -1.47. The lowest BCUT2D eigenvalue weighted by molar-refractivity contribution is 0.0178. The Labute approximate surface area is 205 Å². The van der Waals surface area contributed by atoms with Crippen LogP contribution < -0.4 is 5.32 Å². The predicted octanol–water partition coefficient (Wildman–Crippen LogP) is 5.18. The van der Waals surface area contributed by atoms with Crippen LogP contribution in [0.5, 0.6) is 0 Å². The Morgan fingerprint density at radius 2 is 1.94 bits per heavy atom. The molecule has 1 aliphatic carbocycles. The van der Waals surface area contributed by atoms with Crippen molar-refractivity contribution in [2.24, 2.45) is 0 Å². The maximum absolute atomic E-state index is 9.74. The Morgan fingerprint density at radius 3 is 2.79 bits per heavy atom. The second-order valence-electron chi connectivity index (χ2n) is 8.54. The highest BCUT2D eigenvalue weighted by atomic mass is 35.5. The molecule has 1 fully saturated rings. The quantitative estimate of drug-likeness (QED) is 0.237. The van der Waals surface area contributed by atoms with Gasteiger partial charge in [0.2, 0.25) is 5.28 Å². The van der Waals surface area contributed by atoms with Crippen LogP contribution in [-0.4, -0.2) is 43.3 Å². The molecule has 0 saturated carbocycles. The summed E-state index contributed by atoms with van der Waals surface area (Å²) in [6.07, 6.45) is 3.39. The summed E-state index contributed by atoms with van der Waals surface area (Å²) in [6, 6.07) is 14.7. The summed E-state index contributed by atoms with van der Waals surface area (Å²) in [5.41, 5.74) is 4.43. The highest BCUT2D eigenvalue weighted by Crippen LogP contribution is 2.45. The number of nitrogens with zero attached hydrogens (tertiary/aromatic N) is 2. The Balaban J connectivity index is 1.29. The highest BCUT2D eigenvalue weighted by Gasteiger charge is 2.29. The van der Waals surface area contributed by atoms with Gasteiger partial charge < -0.3 is 29.3 Å². The molecule has 1 saturated heterocycles. The molecule has 0 spiro atoms. The number of nitrogens with one attached hydrogen (secondary N) is 1. The van der Waals surface area contributed by atoms with Gasteiger partial charge in [-0.3, -0.25) is 0 Å². The molecule has 1 aromatic heterocycles. The Morgan fingerprint density at radius 1 is 1.09 bits per heavy atom. The number of ether oxygens (including phenoxy) is 1. The lowest BCUT2D eigenvalue weighted by Gasteiger charge is -2.18. The van der Waals surface area contributed by atoms with Gasteiger partial charge in [-0.2, -0.15) is 0 Å². The summed E-state index contributed by atoms with van der Waals surface area (Å²) in [6.45, 7) is 0.223. The fourth-order valence-electron chi connectivity index (χ4n) is 4.69. The second-order valence-corrected chi connectivity index (χ2v) is 11.7. The molecule has 4 N–H and O–H groups in total. The molecule has 0 radical (unpaired) electrons. The Kier molecular flexibility index (Phi) is 7.59. The standard InChI is InChI=1S/C23H26ClN3O5P2/c24-23-26-20-11-15(21-10-7-16(32-21)12-31-34(30)13-33(28)29)5-8-18(20)22(27-23)25-19-9-6-14-3-1-2-4-17(14)19/h1-5,8,11,16,19,21,28-30H,6-7,9-10,12-13H2,(H,25,26,27). The number of aromatic nitrogens is 2. The van der Waals surface area contributed by atoms with Crippen LogP contribution in [0.15, 0.2) is 42.5 Å². The minimum atomic E-state index is -2.16. The first-order chi connectivity index (χ1) is 16.5. The largest absolute Gasteiger partial charge is 0.368 e. The van der Waals surface area contributed by atoms with E-state index in [9.17, 15) is 4.89 Å². The first kappa shape index (κ1) is 24.2. The molecule has 2 aromatic carbocycles.